The Kier molecular flexibility index (Phi) is 6.51. The standard InChI is InChI=1S/C19H26N4O2S2/c1-3-20-19(22-13-18-14(2)10-11-26-18)21-12-15-4-8-17(9-5-15)27(24,25)23-16-6-7-16/h4-5,8-11,16,23H,3,6-7,12-13H2,1-2H3,(H2,20,21,22). The Balaban J connectivity index is 1.60. The fraction of sp³-hybridized carbons (Fsp3) is 0.421. The van der Waals surface area contributed by atoms with Crippen LogP contribution in [0.5, 0.6) is 0 Å². The molecule has 2 aromatic rings. The van der Waals surface area contributed by atoms with Gasteiger partial charge >= 0.3 is 0 Å². The Bertz CT molecular complexity index is 885. The van der Waals surface area contributed by atoms with Crippen LogP contribution < -0.4 is 15.4 Å². The zero-order valence-corrected chi connectivity index (χ0v) is 17.3. The Hall–Kier alpha value is -1.90. The average molecular weight is 407 g/mol. The van der Waals surface area contributed by atoms with Crippen molar-refractivity contribution in [1.82, 2.24) is 15.4 Å². The van der Waals surface area contributed by atoms with Crippen LogP contribution in [-0.2, 0) is 23.1 Å². The first-order valence-corrected chi connectivity index (χ1v) is 11.5. The molecule has 3 N–H and O–H groups in total. The quantitative estimate of drug-likeness (QED) is 0.465. The third-order valence-corrected chi connectivity index (χ3v) is 6.84. The smallest absolute Gasteiger partial charge is 0.240 e. The van der Waals surface area contributed by atoms with E-state index in [2.05, 4.69) is 38.7 Å². The normalized spacial score (nSPS) is 15.0. The van der Waals surface area contributed by atoms with E-state index in [1.165, 1.54) is 10.4 Å². The van der Waals surface area contributed by atoms with Crippen LogP contribution in [0.1, 0.15) is 35.8 Å². The van der Waals surface area contributed by atoms with Crippen LogP contribution in [0, 0.1) is 6.92 Å². The van der Waals surface area contributed by atoms with Crippen molar-refractivity contribution in [3.05, 3.63) is 51.7 Å². The van der Waals surface area contributed by atoms with Crippen molar-refractivity contribution >= 4 is 27.3 Å². The van der Waals surface area contributed by atoms with E-state index in [-0.39, 0.29) is 6.04 Å². The van der Waals surface area contributed by atoms with Gasteiger partial charge in [-0.15, -0.1) is 11.3 Å². The highest BCUT2D eigenvalue weighted by Crippen LogP contribution is 2.22. The zero-order valence-electron chi connectivity index (χ0n) is 15.7. The minimum absolute atomic E-state index is 0.111. The molecule has 0 bridgehead atoms. The van der Waals surface area contributed by atoms with E-state index in [4.69, 9.17) is 0 Å². The van der Waals surface area contributed by atoms with E-state index in [9.17, 15) is 8.42 Å². The monoisotopic (exact) mass is 406 g/mol. The number of nitrogens with zero attached hydrogens (tertiary/aromatic N) is 1. The van der Waals surface area contributed by atoms with E-state index in [1.54, 1.807) is 23.5 Å². The lowest BCUT2D eigenvalue weighted by atomic mass is 10.2. The van der Waals surface area contributed by atoms with E-state index >= 15 is 0 Å². The number of hydrogen-bond donors (Lipinski definition) is 3. The first kappa shape index (κ1) is 19.9. The number of rotatable bonds is 8. The van der Waals surface area contributed by atoms with Gasteiger partial charge in [-0.3, -0.25) is 0 Å². The summed E-state index contributed by atoms with van der Waals surface area (Å²) in [5.41, 5.74) is 2.24. The van der Waals surface area contributed by atoms with E-state index in [0.717, 1.165) is 37.5 Å². The molecule has 3 rings (SSSR count). The summed E-state index contributed by atoms with van der Waals surface area (Å²) in [4.78, 5) is 6.19. The summed E-state index contributed by atoms with van der Waals surface area (Å²) < 4.78 is 27.1. The van der Waals surface area contributed by atoms with Gasteiger partial charge in [0.05, 0.1) is 18.0 Å². The Labute approximate surface area is 165 Å². The summed E-state index contributed by atoms with van der Waals surface area (Å²) in [6, 6.07) is 9.14. The van der Waals surface area contributed by atoms with Crippen molar-refractivity contribution in [1.29, 1.82) is 0 Å². The van der Waals surface area contributed by atoms with Crippen LogP contribution >= 0.6 is 11.3 Å². The first-order valence-electron chi connectivity index (χ1n) is 9.14. The molecule has 1 aromatic carbocycles. The number of benzene rings is 1. The van der Waals surface area contributed by atoms with Crippen molar-refractivity contribution in [3.63, 3.8) is 0 Å². The highest BCUT2D eigenvalue weighted by atomic mass is 32.2. The fourth-order valence-corrected chi connectivity index (χ4v) is 4.67. The second-order valence-corrected chi connectivity index (χ2v) is 9.33. The van der Waals surface area contributed by atoms with Crippen molar-refractivity contribution in [2.75, 3.05) is 6.54 Å². The summed E-state index contributed by atoms with van der Waals surface area (Å²) in [5.74, 6) is 0.748. The molecule has 8 heteroatoms. The lowest BCUT2D eigenvalue weighted by molar-refractivity contribution is 0.581. The molecule has 6 nitrogen and oxygen atoms in total. The van der Waals surface area contributed by atoms with Crippen molar-refractivity contribution < 1.29 is 8.42 Å². The third-order valence-electron chi connectivity index (χ3n) is 4.28. The number of sulfonamides is 1. The van der Waals surface area contributed by atoms with E-state index in [0.29, 0.717) is 11.4 Å². The number of thiophene rings is 1. The molecule has 1 fully saturated rings. The number of hydrogen-bond acceptors (Lipinski definition) is 4. The molecule has 1 heterocycles. The predicted molar refractivity (Wildman–Crippen MR) is 110 cm³/mol. The maximum Gasteiger partial charge on any atom is 0.240 e. The molecule has 0 unspecified atom stereocenters. The van der Waals surface area contributed by atoms with Gasteiger partial charge in [0.2, 0.25) is 10.0 Å². The highest BCUT2D eigenvalue weighted by molar-refractivity contribution is 7.89. The topological polar surface area (TPSA) is 82.6 Å². The summed E-state index contributed by atoms with van der Waals surface area (Å²) in [7, 11) is -3.40. The maximum atomic E-state index is 12.2. The van der Waals surface area contributed by atoms with Crippen LogP contribution in [0.4, 0.5) is 0 Å². The molecule has 0 saturated heterocycles. The molecule has 0 spiro atoms. The molecule has 146 valence electrons. The largest absolute Gasteiger partial charge is 0.357 e. The SMILES string of the molecule is CCNC(=NCc1ccc(S(=O)(=O)NC2CC2)cc1)NCc1sccc1C. The van der Waals surface area contributed by atoms with Gasteiger partial charge in [-0.25, -0.2) is 18.1 Å². The summed E-state index contributed by atoms with van der Waals surface area (Å²) >= 11 is 1.73. The van der Waals surface area contributed by atoms with Crippen LogP contribution in [0.3, 0.4) is 0 Å². The van der Waals surface area contributed by atoms with E-state index < -0.39 is 10.0 Å². The molecular weight excluding hydrogens is 380 g/mol. The average Bonchev–Trinajstić information content (AvgIpc) is 3.36. The predicted octanol–water partition coefficient (Wildman–Crippen LogP) is 2.75. The van der Waals surface area contributed by atoms with Crippen LogP contribution in [0.2, 0.25) is 0 Å². The van der Waals surface area contributed by atoms with Gasteiger partial charge in [0, 0.05) is 17.5 Å². The van der Waals surface area contributed by atoms with Crippen molar-refractivity contribution in [2.24, 2.45) is 4.99 Å². The molecule has 1 aliphatic carbocycles. The molecule has 0 atom stereocenters. The molecule has 0 radical (unpaired) electrons. The lowest BCUT2D eigenvalue weighted by Crippen LogP contribution is -2.36. The van der Waals surface area contributed by atoms with Gasteiger partial charge in [-0.05, 0) is 61.4 Å². The van der Waals surface area contributed by atoms with Gasteiger partial charge in [0.1, 0.15) is 0 Å². The minimum atomic E-state index is -3.40. The second-order valence-electron chi connectivity index (χ2n) is 6.62. The Morgan fingerprint density at radius 1 is 1.19 bits per heavy atom. The first-order chi connectivity index (χ1) is 13.0. The van der Waals surface area contributed by atoms with Gasteiger partial charge in [0.25, 0.3) is 0 Å². The fourth-order valence-electron chi connectivity index (χ4n) is 2.52. The molecular formula is C19H26N4O2S2. The van der Waals surface area contributed by atoms with Gasteiger partial charge in [-0.1, -0.05) is 12.1 Å². The summed E-state index contributed by atoms with van der Waals surface area (Å²) in [5, 5.41) is 8.67. The van der Waals surface area contributed by atoms with E-state index in [1.807, 2.05) is 19.1 Å². The molecule has 1 aliphatic rings. The van der Waals surface area contributed by atoms with Crippen LogP contribution in [0.15, 0.2) is 45.6 Å². The van der Waals surface area contributed by atoms with Crippen molar-refractivity contribution in [3.8, 4) is 0 Å². The summed E-state index contributed by atoms with van der Waals surface area (Å²) in [6.07, 6.45) is 1.86. The van der Waals surface area contributed by atoms with Crippen LogP contribution in [-0.4, -0.2) is 27.0 Å². The minimum Gasteiger partial charge on any atom is -0.357 e. The Morgan fingerprint density at radius 3 is 2.52 bits per heavy atom. The highest BCUT2D eigenvalue weighted by Gasteiger charge is 2.27. The second kappa shape index (κ2) is 8.86. The molecule has 27 heavy (non-hydrogen) atoms. The van der Waals surface area contributed by atoms with Gasteiger partial charge in [0.15, 0.2) is 5.96 Å². The lowest BCUT2D eigenvalue weighted by Gasteiger charge is -2.11. The van der Waals surface area contributed by atoms with Gasteiger partial charge in [-0.2, -0.15) is 0 Å². The van der Waals surface area contributed by atoms with Crippen molar-refractivity contribution in [2.45, 2.75) is 50.7 Å². The molecule has 1 aromatic heterocycles. The number of nitrogens with one attached hydrogen (secondary N) is 3. The molecule has 0 aliphatic heterocycles. The number of guanidine groups is 1. The van der Waals surface area contributed by atoms with Crippen LogP contribution in [0.25, 0.3) is 0 Å². The molecule has 1 saturated carbocycles. The van der Waals surface area contributed by atoms with Gasteiger partial charge < -0.3 is 10.6 Å². The maximum absolute atomic E-state index is 12.2. The number of aliphatic imine (C=N–C) groups is 1. The number of aryl methyl sites for hydroxylation is 1. The third kappa shape index (κ3) is 5.79. The zero-order chi connectivity index (χ0) is 19.3. The Morgan fingerprint density at radius 2 is 1.93 bits per heavy atom. The molecule has 0 amide bonds. The summed E-state index contributed by atoms with van der Waals surface area (Å²) in [6.45, 7) is 6.12.